The standard InChI is InChI=1S/C21H26N4O6/c1-2-25-12-15(20(27)14-9-17-18(10-16(14)25)31-13-30-17)21(28)23-11-19(26)22-3-4-24-5-7-29-8-6-24/h9-10,12H,2-8,11,13H2,1H3,(H,22,26)(H,23,28). The van der Waals surface area contributed by atoms with Gasteiger partial charge in [-0.3, -0.25) is 19.3 Å². The SMILES string of the molecule is CCn1cc(C(=O)NCC(=O)NCCN2CCOCC2)c(=O)c2cc3c(cc21)OCO3. The minimum atomic E-state index is -0.588. The predicted octanol–water partition coefficient (Wildman–Crippen LogP) is -0.0717. The number of morpholine rings is 1. The Hall–Kier alpha value is -3.11. The molecule has 0 radical (unpaired) electrons. The number of carbonyl (C=O) groups excluding carboxylic acids is 2. The Bertz CT molecular complexity index is 1040. The number of pyridine rings is 1. The topological polar surface area (TPSA) is 111 Å². The summed E-state index contributed by atoms with van der Waals surface area (Å²) in [5.74, 6) is 0.154. The fraction of sp³-hybridized carbons (Fsp3) is 0.476. The molecule has 3 heterocycles. The maximum atomic E-state index is 12.9. The van der Waals surface area contributed by atoms with Crippen molar-refractivity contribution in [2.45, 2.75) is 13.5 Å². The molecule has 0 aliphatic carbocycles. The average molecular weight is 430 g/mol. The van der Waals surface area contributed by atoms with Gasteiger partial charge in [0.25, 0.3) is 5.91 Å². The molecule has 1 aromatic carbocycles. The lowest BCUT2D eigenvalue weighted by Crippen LogP contribution is -2.43. The summed E-state index contributed by atoms with van der Waals surface area (Å²) in [6.07, 6.45) is 1.51. The Morgan fingerprint density at radius 1 is 1.10 bits per heavy atom. The summed E-state index contributed by atoms with van der Waals surface area (Å²) in [5, 5.41) is 5.69. The highest BCUT2D eigenvalue weighted by molar-refractivity contribution is 5.99. The highest BCUT2D eigenvalue weighted by Crippen LogP contribution is 2.35. The first kappa shape index (κ1) is 21.1. The van der Waals surface area contributed by atoms with Crippen LogP contribution in [0.15, 0.2) is 23.1 Å². The van der Waals surface area contributed by atoms with E-state index in [0.717, 1.165) is 19.6 Å². The molecule has 1 saturated heterocycles. The second-order valence-electron chi connectivity index (χ2n) is 7.37. The molecule has 0 saturated carbocycles. The zero-order valence-corrected chi connectivity index (χ0v) is 17.4. The van der Waals surface area contributed by atoms with Gasteiger partial charge < -0.3 is 29.4 Å². The van der Waals surface area contributed by atoms with Gasteiger partial charge in [-0.15, -0.1) is 0 Å². The third-order valence-corrected chi connectivity index (χ3v) is 5.42. The quantitative estimate of drug-likeness (QED) is 0.633. The zero-order valence-electron chi connectivity index (χ0n) is 17.4. The maximum Gasteiger partial charge on any atom is 0.257 e. The van der Waals surface area contributed by atoms with Crippen molar-refractivity contribution in [3.63, 3.8) is 0 Å². The van der Waals surface area contributed by atoms with Gasteiger partial charge in [0.2, 0.25) is 18.1 Å². The molecule has 0 unspecified atom stereocenters. The number of rotatable bonds is 7. The number of amides is 2. The number of nitrogens with zero attached hydrogens (tertiary/aromatic N) is 2. The van der Waals surface area contributed by atoms with Gasteiger partial charge in [-0.2, -0.15) is 0 Å². The van der Waals surface area contributed by atoms with E-state index in [-0.39, 0.29) is 24.8 Å². The van der Waals surface area contributed by atoms with Crippen molar-refractivity contribution in [3.05, 3.63) is 34.1 Å². The first-order chi connectivity index (χ1) is 15.1. The fourth-order valence-corrected chi connectivity index (χ4v) is 3.70. The summed E-state index contributed by atoms with van der Waals surface area (Å²) in [5.41, 5.74) is 0.228. The first-order valence-electron chi connectivity index (χ1n) is 10.4. The second-order valence-corrected chi connectivity index (χ2v) is 7.37. The number of aromatic nitrogens is 1. The molecule has 2 N–H and O–H groups in total. The number of benzene rings is 1. The van der Waals surface area contributed by atoms with Gasteiger partial charge in [0.1, 0.15) is 5.56 Å². The predicted molar refractivity (Wildman–Crippen MR) is 113 cm³/mol. The molecule has 2 amide bonds. The highest BCUT2D eigenvalue weighted by Gasteiger charge is 2.21. The van der Waals surface area contributed by atoms with Crippen molar-refractivity contribution in [1.82, 2.24) is 20.1 Å². The van der Waals surface area contributed by atoms with Crippen LogP contribution < -0.4 is 25.5 Å². The van der Waals surface area contributed by atoms with Gasteiger partial charge in [-0.25, -0.2) is 0 Å². The molecular weight excluding hydrogens is 404 g/mol. The monoisotopic (exact) mass is 430 g/mol. The molecule has 4 rings (SSSR count). The van der Waals surface area contributed by atoms with Gasteiger partial charge in [-0.1, -0.05) is 0 Å². The first-order valence-corrected chi connectivity index (χ1v) is 10.4. The third kappa shape index (κ3) is 4.64. The van der Waals surface area contributed by atoms with Gasteiger partial charge in [0.15, 0.2) is 11.5 Å². The third-order valence-electron chi connectivity index (χ3n) is 5.42. The van der Waals surface area contributed by atoms with E-state index < -0.39 is 11.3 Å². The van der Waals surface area contributed by atoms with Crippen molar-refractivity contribution in [3.8, 4) is 11.5 Å². The summed E-state index contributed by atoms with van der Waals surface area (Å²) >= 11 is 0. The Morgan fingerprint density at radius 2 is 1.84 bits per heavy atom. The lowest BCUT2D eigenvalue weighted by molar-refractivity contribution is -0.120. The summed E-state index contributed by atoms with van der Waals surface area (Å²) in [6.45, 7) is 6.67. The minimum Gasteiger partial charge on any atom is -0.454 e. The number of fused-ring (bicyclic) bond motifs is 2. The van der Waals surface area contributed by atoms with Crippen LogP contribution in [0.25, 0.3) is 10.9 Å². The second kappa shape index (κ2) is 9.36. The van der Waals surface area contributed by atoms with Crippen molar-refractivity contribution < 1.29 is 23.8 Å². The van der Waals surface area contributed by atoms with Crippen LogP contribution in [-0.2, 0) is 16.1 Å². The molecule has 166 valence electrons. The Kier molecular flexibility index (Phi) is 6.38. The van der Waals surface area contributed by atoms with Crippen LogP contribution in [-0.4, -0.2) is 74.0 Å². The average Bonchev–Trinajstić information content (AvgIpc) is 3.25. The van der Waals surface area contributed by atoms with E-state index in [1.54, 1.807) is 16.7 Å². The van der Waals surface area contributed by atoms with Crippen LogP contribution in [0.1, 0.15) is 17.3 Å². The van der Waals surface area contributed by atoms with Crippen LogP contribution in [0.4, 0.5) is 0 Å². The van der Waals surface area contributed by atoms with Crippen LogP contribution in [0.3, 0.4) is 0 Å². The number of hydrogen-bond acceptors (Lipinski definition) is 7. The summed E-state index contributed by atoms with van der Waals surface area (Å²) in [4.78, 5) is 39.9. The number of aryl methyl sites for hydroxylation is 1. The number of ether oxygens (including phenoxy) is 3. The van der Waals surface area contributed by atoms with E-state index in [1.807, 2.05) is 6.92 Å². The van der Waals surface area contributed by atoms with Gasteiger partial charge >= 0.3 is 0 Å². The van der Waals surface area contributed by atoms with E-state index >= 15 is 0 Å². The van der Waals surface area contributed by atoms with Gasteiger partial charge in [0, 0.05) is 45.0 Å². The molecule has 0 spiro atoms. The minimum absolute atomic E-state index is 0.0191. The Balaban J connectivity index is 1.40. The Labute approximate surface area is 179 Å². The molecule has 2 aliphatic heterocycles. The lowest BCUT2D eigenvalue weighted by atomic mass is 10.1. The summed E-state index contributed by atoms with van der Waals surface area (Å²) in [6, 6.07) is 3.34. The number of hydrogen-bond donors (Lipinski definition) is 2. The van der Waals surface area contributed by atoms with Crippen LogP contribution in [0.2, 0.25) is 0 Å². The van der Waals surface area contributed by atoms with E-state index in [4.69, 9.17) is 14.2 Å². The maximum absolute atomic E-state index is 12.9. The zero-order chi connectivity index (χ0) is 21.8. The highest BCUT2D eigenvalue weighted by atomic mass is 16.7. The van der Waals surface area contributed by atoms with Gasteiger partial charge in [0.05, 0.1) is 30.7 Å². The van der Waals surface area contributed by atoms with Gasteiger partial charge in [-0.05, 0) is 13.0 Å². The molecule has 0 bridgehead atoms. The van der Waals surface area contributed by atoms with Crippen molar-refractivity contribution in [1.29, 1.82) is 0 Å². The van der Waals surface area contributed by atoms with E-state index in [2.05, 4.69) is 15.5 Å². The molecule has 1 fully saturated rings. The molecule has 2 aliphatic rings. The van der Waals surface area contributed by atoms with Crippen LogP contribution >= 0.6 is 0 Å². The molecule has 31 heavy (non-hydrogen) atoms. The van der Waals surface area contributed by atoms with E-state index in [9.17, 15) is 14.4 Å². The van der Waals surface area contributed by atoms with Crippen molar-refractivity contribution in [2.24, 2.45) is 0 Å². The summed E-state index contributed by atoms with van der Waals surface area (Å²) < 4.78 is 17.8. The summed E-state index contributed by atoms with van der Waals surface area (Å²) in [7, 11) is 0. The molecule has 10 heteroatoms. The largest absolute Gasteiger partial charge is 0.454 e. The van der Waals surface area contributed by atoms with Crippen LogP contribution in [0.5, 0.6) is 11.5 Å². The van der Waals surface area contributed by atoms with E-state index in [0.29, 0.717) is 48.7 Å². The molecule has 0 atom stereocenters. The van der Waals surface area contributed by atoms with E-state index in [1.165, 1.54) is 6.20 Å². The number of carbonyl (C=O) groups is 2. The molecule has 10 nitrogen and oxygen atoms in total. The normalized spacial score (nSPS) is 15.8. The smallest absolute Gasteiger partial charge is 0.257 e. The lowest BCUT2D eigenvalue weighted by Gasteiger charge is -2.26. The van der Waals surface area contributed by atoms with Crippen LogP contribution in [0, 0.1) is 0 Å². The molecule has 2 aromatic rings. The molecule has 1 aromatic heterocycles. The van der Waals surface area contributed by atoms with Crippen molar-refractivity contribution >= 4 is 22.7 Å². The molecular formula is C21H26N4O6. The fourth-order valence-electron chi connectivity index (χ4n) is 3.70. The van der Waals surface area contributed by atoms with Crippen molar-refractivity contribution in [2.75, 3.05) is 52.7 Å². The number of nitrogens with one attached hydrogen (secondary N) is 2. The Morgan fingerprint density at radius 3 is 2.58 bits per heavy atom.